The van der Waals surface area contributed by atoms with E-state index in [9.17, 15) is 9.59 Å². The number of fused-ring (bicyclic) bond motifs is 3. The van der Waals surface area contributed by atoms with Crippen molar-refractivity contribution >= 4 is 29.3 Å². The van der Waals surface area contributed by atoms with Crippen LogP contribution in [-0.4, -0.2) is 61.2 Å². The van der Waals surface area contributed by atoms with Crippen LogP contribution in [0.25, 0.3) is 5.70 Å². The normalized spacial score (nSPS) is 22.0. The summed E-state index contributed by atoms with van der Waals surface area (Å²) >= 11 is 0. The molecule has 158 valence electrons. The molecule has 0 bridgehead atoms. The number of rotatable bonds is 4. The summed E-state index contributed by atoms with van der Waals surface area (Å²) in [6.45, 7) is 0. The SMILES string of the molecule is COc1ccc(N2C(c3ccccc3)=CN3C2=NC2C3C(=O)NC(=O)N2C)c(OC)c1. The molecule has 9 nitrogen and oxygen atoms in total. The van der Waals surface area contributed by atoms with Crippen LogP contribution < -0.4 is 19.7 Å². The van der Waals surface area contributed by atoms with E-state index in [1.807, 2.05) is 58.5 Å². The Bertz CT molecular complexity index is 1130. The average molecular weight is 419 g/mol. The van der Waals surface area contributed by atoms with Gasteiger partial charge in [-0.2, -0.15) is 0 Å². The fraction of sp³-hybridized carbons (Fsp3) is 0.227. The lowest BCUT2D eigenvalue weighted by Crippen LogP contribution is -2.62. The number of amides is 3. The molecule has 9 heteroatoms. The highest BCUT2D eigenvalue weighted by molar-refractivity contribution is 6.16. The molecule has 3 amide bonds. The molecular weight excluding hydrogens is 398 g/mol. The first-order valence-corrected chi connectivity index (χ1v) is 9.76. The molecule has 2 aromatic rings. The van der Waals surface area contributed by atoms with E-state index in [-0.39, 0.29) is 5.91 Å². The second-order valence-electron chi connectivity index (χ2n) is 7.35. The molecule has 0 spiro atoms. The van der Waals surface area contributed by atoms with Crippen molar-refractivity contribution in [2.45, 2.75) is 12.2 Å². The minimum absolute atomic E-state index is 0.376. The molecule has 3 aliphatic rings. The molecule has 0 aromatic heterocycles. The third-order valence-corrected chi connectivity index (χ3v) is 5.68. The number of hydrogen-bond donors (Lipinski definition) is 1. The lowest BCUT2D eigenvalue weighted by atomic mass is 10.1. The van der Waals surface area contributed by atoms with Gasteiger partial charge < -0.3 is 14.4 Å². The minimum Gasteiger partial charge on any atom is -0.497 e. The van der Waals surface area contributed by atoms with Gasteiger partial charge in [0.2, 0.25) is 5.96 Å². The summed E-state index contributed by atoms with van der Waals surface area (Å²) in [5, 5.41) is 2.40. The second-order valence-corrected chi connectivity index (χ2v) is 7.35. The maximum atomic E-state index is 12.7. The van der Waals surface area contributed by atoms with Gasteiger partial charge in [-0.3, -0.25) is 19.9 Å². The van der Waals surface area contributed by atoms with Crippen LogP contribution in [0.3, 0.4) is 0 Å². The molecule has 0 radical (unpaired) electrons. The number of aliphatic imine (C=N–C) groups is 1. The van der Waals surface area contributed by atoms with Crippen molar-refractivity contribution in [3.05, 3.63) is 60.3 Å². The van der Waals surface area contributed by atoms with Crippen molar-refractivity contribution in [1.82, 2.24) is 15.1 Å². The number of imide groups is 1. The van der Waals surface area contributed by atoms with Crippen LogP contribution >= 0.6 is 0 Å². The number of guanidine groups is 1. The lowest BCUT2D eigenvalue weighted by molar-refractivity contribution is -0.126. The van der Waals surface area contributed by atoms with Gasteiger partial charge in [-0.15, -0.1) is 0 Å². The van der Waals surface area contributed by atoms with E-state index in [1.165, 1.54) is 4.90 Å². The predicted molar refractivity (Wildman–Crippen MR) is 115 cm³/mol. The number of nitrogens with zero attached hydrogens (tertiary/aromatic N) is 4. The highest BCUT2D eigenvalue weighted by Crippen LogP contribution is 2.43. The number of ether oxygens (including phenoxy) is 2. The van der Waals surface area contributed by atoms with Crippen LogP contribution in [0.4, 0.5) is 10.5 Å². The third kappa shape index (κ3) is 2.81. The van der Waals surface area contributed by atoms with Crippen molar-refractivity contribution in [3.8, 4) is 11.5 Å². The molecule has 5 rings (SSSR count). The third-order valence-electron chi connectivity index (χ3n) is 5.68. The number of likely N-dealkylation sites (N-methyl/N-ethyl adjacent to an activating group) is 1. The molecule has 1 N–H and O–H groups in total. The monoisotopic (exact) mass is 419 g/mol. The van der Waals surface area contributed by atoms with Gasteiger partial charge in [-0.1, -0.05) is 30.3 Å². The zero-order chi connectivity index (χ0) is 21.7. The van der Waals surface area contributed by atoms with E-state index in [0.717, 1.165) is 16.9 Å². The number of carbonyl (C=O) groups excluding carboxylic acids is 2. The molecule has 0 aliphatic carbocycles. The maximum Gasteiger partial charge on any atom is 0.325 e. The van der Waals surface area contributed by atoms with Gasteiger partial charge in [0.25, 0.3) is 5.91 Å². The Balaban J connectivity index is 1.67. The number of anilines is 1. The van der Waals surface area contributed by atoms with Gasteiger partial charge in [0.05, 0.1) is 25.6 Å². The van der Waals surface area contributed by atoms with E-state index in [1.54, 1.807) is 27.3 Å². The molecule has 1 fully saturated rings. The van der Waals surface area contributed by atoms with Gasteiger partial charge in [0.15, 0.2) is 12.2 Å². The standard InChI is InChI=1S/C22H21N5O4/c1-25-19-18(20(28)24-22(25)29)26-12-16(13-7-5-4-6-8-13)27(21(26)23-19)15-10-9-14(30-2)11-17(15)31-3/h4-12,18-19H,1-3H3,(H,24,28,29). The minimum atomic E-state index is -0.648. The topological polar surface area (TPSA) is 86.7 Å². The van der Waals surface area contributed by atoms with Crippen molar-refractivity contribution < 1.29 is 19.1 Å². The highest BCUT2D eigenvalue weighted by Gasteiger charge is 2.52. The Hall–Kier alpha value is -4.01. The number of urea groups is 1. The Morgan fingerprint density at radius 3 is 2.52 bits per heavy atom. The van der Waals surface area contributed by atoms with Crippen molar-refractivity contribution in [1.29, 1.82) is 0 Å². The fourth-order valence-corrected chi connectivity index (χ4v) is 4.10. The average Bonchev–Trinajstić information content (AvgIpc) is 3.34. The smallest absolute Gasteiger partial charge is 0.325 e. The Morgan fingerprint density at radius 1 is 1.03 bits per heavy atom. The first kappa shape index (κ1) is 19.0. The molecule has 0 saturated carbocycles. The lowest BCUT2D eigenvalue weighted by Gasteiger charge is -2.34. The summed E-state index contributed by atoms with van der Waals surface area (Å²) in [5.74, 6) is 1.43. The predicted octanol–water partition coefficient (Wildman–Crippen LogP) is 2.07. The van der Waals surface area contributed by atoms with Crippen molar-refractivity contribution in [2.75, 3.05) is 26.2 Å². The summed E-state index contributed by atoms with van der Waals surface area (Å²) in [7, 11) is 4.82. The van der Waals surface area contributed by atoms with E-state index < -0.39 is 18.2 Å². The Kier molecular flexibility index (Phi) is 4.32. The largest absolute Gasteiger partial charge is 0.497 e. The van der Waals surface area contributed by atoms with Crippen LogP contribution in [0.5, 0.6) is 11.5 Å². The van der Waals surface area contributed by atoms with Crippen LogP contribution in [0.2, 0.25) is 0 Å². The van der Waals surface area contributed by atoms with E-state index in [0.29, 0.717) is 17.5 Å². The summed E-state index contributed by atoms with van der Waals surface area (Å²) in [4.78, 5) is 34.8. The van der Waals surface area contributed by atoms with Crippen LogP contribution in [-0.2, 0) is 4.79 Å². The zero-order valence-corrected chi connectivity index (χ0v) is 17.3. The first-order valence-electron chi connectivity index (χ1n) is 9.76. The molecule has 31 heavy (non-hydrogen) atoms. The van der Waals surface area contributed by atoms with E-state index in [4.69, 9.17) is 14.5 Å². The molecular formula is C22H21N5O4. The molecule has 3 aliphatic heterocycles. The molecule has 2 unspecified atom stereocenters. The van der Waals surface area contributed by atoms with Crippen molar-refractivity contribution in [2.24, 2.45) is 4.99 Å². The number of methoxy groups -OCH3 is 2. The van der Waals surface area contributed by atoms with Gasteiger partial charge in [-0.25, -0.2) is 9.79 Å². The summed E-state index contributed by atoms with van der Waals surface area (Å²) < 4.78 is 11.0. The first-order chi connectivity index (χ1) is 15.0. The van der Waals surface area contributed by atoms with Crippen LogP contribution in [0.1, 0.15) is 5.56 Å². The number of benzene rings is 2. The van der Waals surface area contributed by atoms with Crippen molar-refractivity contribution in [3.63, 3.8) is 0 Å². The van der Waals surface area contributed by atoms with Gasteiger partial charge in [-0.05, 0) is 12.1 Å². The zero-order valence-electron chi connectivity index (χ0n) is 17.3. The summed E-state index contributed by atoms with van der Waals surface area (Å²) in [5.41, 5.74) is 2.54. The van der Waals surface area contributed by atoms with Gasteiger partial charge in [0, 0.05) is 24.9 Å². The van der Waals surface area contributed by atoms with E-state index in [2.05, 4.69) is 5.32 Å². The van der Waals surface area contributed by atoms with Gasteiger partial charge >= 0.3 is 6.03 Å². The maximum absolute atomic E-state index is 12.7. The number of carbonyl (C=O) groups is 2. The second kappa shape index (κ2) is 7.05. The molecule has 1 saturated heterocycles. The van der Waals surface area contributed by atoms with E-state index >= 15 is 0 Å². The number of hydrogen-bond acceptors (Lipinski definition) is 7. The Morgan fingerprint density at radius 2 is 1.81 bits per heavy atom. The van der Waals surface area contributed by atoms with Gasteiger partial charge in [0.1, 0.15) is 11.5 Å². The Labute approximate surface area is 179 Å². The quantitative estimate of drug-likeness (QED) is 0.817. The van der Waals surface area contributed by atoms with Crippen LogP contribution in [0, 0.1) is 0 Å². The van der Waals surface area contributed by atoms with Crippen LogP contribution in [0.15, 0.2) is 59.7 Å². The molecule has 2 aromatic carbocycles. The fourth-order valence-electron chi connectivity index (χ4n) is 4.10. The summed E-state index contributed by atoms with van der Waals surface area (Å²) in [6.07, 6.45) is 1.28. The number of nitrogens with one attached hydrogen (secondary N) is 1. The molecule has 2 atom stereocenters. The summed E-state index contributed by atoms with van der Waals surface area (Å²) in [6, 6.07) is 14.2. The molecule has 3 heterocycles. The highest BCUT2D eigenvalue weighted by atomic mass is 16.5.